The highest BCUT2D eigenvalue weighted by Gasteiger charge is 2.45. The lowest BCUT2D eigenvalue weighted by Gasteiger charge is -2.36. The summed E-state index contributed by atoms with van der Waals surface area (Å²) >= 11 is 0. The first kappa shape index (κ1) is 12.9. The van der Waals surface area contributed by atoms with Gasteiger partial charge in [0.25, 0.3) is 0 Å². The van der Waals surface area contributed by atoms with E-state index < -0.39 is 18.0 Å². The lowest BCUT2D eigenvalue weighted by atomic mass is 9.89. The lowest BCUT2D eigenvalue weighted by molar-refractivity contribution is -0.154. The van der Waals surface area contributed by atoms with E-state index in [4.69, 9.17) is 10.2 Å². The molecule has 0 aliphatic carbocycles. The van der Waals surface area contributed by atoms with Crippen molar-refractivity contribution in [3.05, 3.63) is 0 Å². The Hall–Kier alpha value is -1.59. The molecule has 0 bridgehead atoms. The predicted octanol–water partition coefficient (Wildman–Crippen LogP) is 0.705. The van der Waals surface area contributed by atoms with Gasteiger partial charge in [-0.3, -0.25) is 9.59 Å². The highest BCUT2D eigenvalue weighted by Crippen LogP contribution is 2.36. The quantitative estimate of drug-likeness (QED) is 0.771. The van der Waals surface area contributed by atoms with Gasteiger partial charge in [0.15, 0.2) is 0 Å². The van der Waals surface area contributed by atoms with E-state index in [0.29, 0.717) is 19.3 Å². The molecule has 0 aromatic heterocycles. The topological polar surface area (TPSA) is 94.9 Å². The Labute approximate surface area is 105 Å². The normalized spacial score (nSPS) is 31.2. The third-order valence-corrected chi connectivity index (χ3v) is 3.95. The van der Waals surface area contributed by atoms with E-state index in [1.165, 1.54) is 4.90 Å². The number of carbonyl (C=O) groups is 3. The molecular formula is C12H17NO5. The molecule has 100 valence electrons. The largest absolute Gasteiger partial charge is 0.481 e. The zero-order valence-electron chi connectivity index (χ0n) is 10.0. The second-order valence-electron chi connectivity index (χ2n) is 5.04. The summed E-state index contributed by atoms with van der Waals surface area (Å²) in [6, 6.07) is -0.671. The highest BCUT2D eigenvalue weighted by molar-refractivity contribution is 5.87. The van der Waals surface area contributed by atoms with E-state index in [0.717, 1.165) is 12.8 Å². The van der Waals surface area contributed by atoms with Gasteiger partial charge in [-0.25, -0.2) is 4.79 Å². The average molecular weight is 255 g/mol. The van der Waals surface area contributed by atoms with E-state index in [1.807, 2.05) is 0 Å². The van der Waals surface area contributed by atoms with Crippen LogP contribution in [0.2, 0.25) is 0 Å². The third kappa shape index (κ3) is 2.32. The van der Waals surface area contributed by atoms with Gasteiger partial charge in [-0.1, -0.05) is 0 Å². The maximum absolute atomic E-state index is 12.2. The Kier molecular flexibility index (Phi) is 3.54. The van der Waals surface area contributed by atoms with Gasteiger partial charge in [0.05, 0.1) is 0 Å². The number of piperidine rings is 1. The van der Waals surface area contributed by atoms with Crippen molar-refractivity contribution in [1.29, 1.82) is 0 Å². The fourth-order valence-electron chi connectivity index (χ4n) is 3.04. The number of hydrogen-bond donors (Lipinski definition) is 2. The van der Waals surface area contributed by atoms with Crippen molar-refractivity contribution in [3.8, 4) is 0 Å². The van der Waals surface area contributed by atoms with Crippen molar-refractivity contribution in [1.82, 2.24) is 4.90 Å². The standard InChI is InChI=1S/C12H17NO5/c14-10(15)6-2-7-1-3-8-4-5-9(12(17)18)13(8)11(7)16/h7-9H,1-6H2,(H,14,15)(H,17,18). The van der Waals surface area contributed by atoms with Crippen molar-refractivity contribution >= 4 is 17.8 Å². The van der Waals surface area contributed by atoms with Gasteiger partial charge in [0, 0.05) is 18.4 Å². The van der Waals surface area contributed by atoms with Crippen LogP contribution in [0.5, 0.6) is 0 Å². The molecule has 6 nitrogen and oxygen atoms in total. The summed E-state index contributed by atoms with van der Waals surface area (Å²) in [6.07, 6.45) is 3.00. The zero-order valence-corrected chi connectivity index (χ0v) is 10.0. The number of carboxylic acid groups (broad SMARTS) is 2. The van der Waals surface area contributed by atoms with Crippen molar-refractivity contribution in [2.75, 3.05) is 0 Å². The lowest BCUT2D eigenvalue weighted by Crippen LogP contribution is -2.50. The van der Waals surface area contributed by atoms with Crippen LogP contribution in [0, 0.1) is 5.92 Å². The van der Waals surface area contributed by atoms with E-state index >= 15 is 0 Å². The molecule has 0 radical (unpaired) electrons. The first-order valence-electron chi connectivity index (χ1n) is 6.27. The molecular weight excluding hydrogens is 238 g/mol. The molecule has 2 saturated heterocycles. The van der Waals surface area contributed by atoms with E-state index in [1.54, 1.807) is 0 Å². The number of rotatable bonds is 4. The van der Waals surface area contributed by atoms with Gasteiger partial charge in [-0.05, 0) is 32.1 Å². The highest BCUT2D eigenvalue weighted by atomic mass is 16.4. The minimum absolute atomic E-state index is 0.0351. The molecule has 0 saturated carbocycles. The Morgan fingerprint density at radius 1 is 1.17 bits per heavy atom. The van der Waals surface area contributed by atoms with Crippen LogP contribution in [0.25, 0.3) is 0 Å². The molecule has 2 fully saturated rings. The fourth-order valence-corrected chi connectivity index (χ4v) is 3.04. The summed E-state index contributed by atoms with van der Waals surface area (Å²) in [4.78, 5) is 35.3. The molecule has 0 aromatic carbocycles. The number of carbonyl (C=O) groups excluding carboxylic acids is 1. The second-order valence-corrected chi connectivity index (χ2v) is 5.04. The number of amides is 1. The Morgan fingerprint density at radius 3 is 2.44 bits per heavy atom. The Morgan fingerprint density at radius 2 is 1.83 bits per heavy atom. The number of nitrogens with zero attached hydrogens (tertiary/aromatic N) is 1. The monoisotopic (exact) mass is 255 g/mol. The second kappa shape index (κ2) is 4.96. The van der Waals surface area contributed by atoms with E-state index in [9.17, 15) is 14.4 Å². The summed E-state index contributed by atoms with van der Waals surface area (Å²) in [5.74, 6) is -2.36. The molecule has 2 rings (SSSR count). The Bertz CT molecular complexity index is 381. The molecule has 2 N–H and O–H groups in total. The maximum Gasteiger partial charge on any atom is 0.326 e. The minimum atomic E-state index is -0.954. The molecule has 3 atom stereocenters. The van der Waals surface area contributed by atoms with Gasteiger partial charge >= 0.3 is 11.9 Å². The summed E-state index contributed by atoms with van der Waals surface area (Å²) < 4.78 is 0. The first-order valence-corrected chi connectivity index (χ1v) is 6.27. The molecule has 6 heteroatoms. The number of aliphatic carboxylic acids is 2. The third-order valence-electron chi connectivity index (χ3n) is 3.95. The molecule has 2 aliphatic heterocycles. The van der Waals surface area contributed by atoms with Crippen LogP contribution in [0.3, 0.4) is 0 Å². The predicted molar refractivity (Wildman–Crippen MR) is 60.9 cm³/mol. The van der Waals surface area contributed by atoms with E-state index in [2.05, 4.69) is 0 Å². The van der Waals surface area contributed by atoms with Crippen LogP contribution < -0.4 is 0 Å². The van der Waals surface area contributed by atoms with Crippen LogP contribution in [-0.2, 0) is 14.4 Å². The average Bonchev–Trinajstić information content (AvgIpc) is 2.72. The minimum Gasteiger partial charge on any atom is -0.481 e. The summed E-state index contributed by atoms with van der Waals surface area (Å²) in [7, 11) is 0. The maximum atomic E-state index is 12.2. The van der Waals surface area contributed by atoms with Gasteiger partial charge in [0.1, 0.15) is 6.04 Å². The molecule has 3 unspecified atom stereocenters. The van der Waals surface area contributed by atoms with Gasteiger partial charge in [-0.15, -0.1) is 0 Å². The van der Waals surface area contributed by atoms with Crippen LogP contribution in [0.1, 0.15) is 38.5 Å². The first-order chi connectivity index (χ1) is 8.50. The van der Waals surface area contributed by atoms with Crippen LogP contribution in [-0.4, -0.2) is 45.0 Å². The van der Waals surface area contributed by atoms with Gasteiger partial charge < -0.3 is 15.1 Å². The summed E-state index contributed by atoms with van der Waals surface area (Å²) in [6.45, 7) is 0. The zero-order chi connectivity index (χ0) is 13.3. The van der Waals surface area contributed by atoms with Gasteiger partial charge in [-0.2, -0.15) is 0 Å². The van der Waals surface area contributed by atoms with Crippen molar-refractivity contribution in [3.63, 3.8) is 0 Å². The van der Waals surface area contributed by atoms with E-state index in [-0.39, 0.29) is 24.3 Å². The fraction of sp³-hybridized carbons (Fsp3) is 0.750. The van der Waals surface area contributed by atoms with Crippen LogP contribution >= 0.6 is 0 Å². The Balaban J connectivity index is 2.05. The SMILES string of the molecule is O=C(O)CCC1CCC2CCC(C(=O)O)N2C1=O. The number of carboxylic acids is 2. The van der Waals surface area contributed by atoms with Crippen molar-refractivity contribution < 1.29 is 24.6 Å². The molecule has 18 heavy (non-hydrogen) atoms. The van der Waals surface area contributed by atoms with Gasteiger partial charge in [0.2, 0.25) is 5.91 Å². The number of hydrogen-bond acceptors (Lipinski definition) is 3. The molecule has 2 aliphatic rings. The number of fused-ring (bicyclic) bond motifs is 1. The van der Waals surface area contributed by atoms with Crippen LogP contribution in [0.4, 0.5) is 0 Å². The van der Waals surface area contributed by atoms with Crippen LogP contribution in [0.15, 0.2) is 0 Å². The summed E-state index contributed by atoms with van der Waals surface area (Å²) in [5, 5.41) is 17.7. The van der Waals surface area contributed by atoms with Crippen molar-refractivity contribution in [2.45, 2.75) is 50.6 Å². The molecule has 0 spiro atoms. The molecule has 0 aromatic rings. The smallest absolute Gasteiger partial charge is 0.326 e. The molecule has 1 amide bonds. The van der Waals surface area contributed by atoms with Crippen molar-refractivity contribution in [2.24, 2.45) is 5.92 Å². The summed E-state index contributed by atoms with van der Waals surface area (Å²) in [5.41, 5.74) is 0. The molecule has 2 heterocycles.